The van der Waals surface area contributed by atoms with Crippen LogP contribution >= 0.6 is 0 Å². The fraction of sp³-hybridized carbons (Fsp3) is 0.125. The molecule has 11 heteroatoms. The average molecular weight is 382 g/mol. The summed E-state index contributed by atoms with van der Waals surface area (Å²) in [4.78, 5) is 40.6. The van der Waals surface area contributed by atoms with Crippen LogP contribution in [-0.2, 0) is 4.79 Å². The Hall–Kier alpha value is -3.50. The lowest BCUT2D eigenvalue weighted by molar-refractivity contribution is -0.197. The standard InChI is InChI=1S/C16H10F4N4O3/c17-10-3-5-11(6-4-10)24-13(26)15(16(18,19)20,23-14(24)27)22-12(25)9-2-1-7-21-8-9/h1-8H,(H,22,25)(H,23,27)/t15-/m0/s1. The molecule has 1 aliphatic heterocycles. The van der Waals surface area contributed by atoms with Crippen molar-refractivity contribution in [2.45, 2.75) is 11.8 Å². The summed E-state index contributed by atoms with van der Waals surface area (Å²) < 4.78 is 54.2. The van der Waals surface area contributed by atoms with E-state index in [2.05, 4.69) is 4.98 Å². The van der Waals surface area contributed by atoms with Gasteiger partial charge >= 0.3 is 12.2 Å². The maximum absolute atomic E-state index is 13.7. The quantitative estimate of drug-likeness (QED) is 0.627. The number of aromatic nitrogens is 1. The van der Waals surface area contributed by atoms with Gasteiger partial charge in [-0.1, -0.05) is 0 Å². The molecule has 140 valence electrons. The van der Waals surface area contributed by atoms with E-state index in [1.807, 2.05) is 0 Å². The number of alkyl halides is 3. The third-order valence-corrected chi connectivity index (χ3v) is 3.76. The highest BCUT2D eigenvalue weighted by Gasteiger charge is 2.69. The molecule has 0 unspecified atom stereocenters. The molecule has 1 saturated heterocycles. The largest absolute Gasteiger partial charge is 0.440 e. The molecular weight excluding hydrogens is 372 g/mol. The van der Waals surface area contributed by atoms with Crippen molar-refractivity contribution < 1.29 is 31.9 Å². The van der Waals surface area contributed by atoms with Gasteiger partial charge in [0, 0.05) is 12.4 Å². The Labute approximate surface area is 149 Å². The summed E-state index contributed by atoms with van der Waals surface area (Å²) in [6.07, 6.45) is -3.06. The lowest BCUT2D eigenvalue weighted by Crippen LogP contribution is -2.69. The van der Waals surface area contributed by atoms with Gasteiger partial charge in [0.15, 0.2) is 0 Å². The molecule has 3 rings (SSSR count). The smallest absolute Gasteiger partial charge is 0.314 e. The van der Waals surface area contributed by atoms with Gasteiger partial charge in [0.05, 0.1) is 11.3 Å². The van der Waals surface area contributed by atoms with Gasteiger partial charge in [0.25, 0.3) is 17.5 Å². The zero-order valence-electron chi connectivity index (χ0n) is 13.2. The van der Waals surface area contributed by atoms with E-state index in [0.717, 1.165) is 30.5 Å². The molecule has 1 fully saturated rings. The first-order valence-corrected chi connectivity index (χ1v) is 7.37. The van der Waals surface area contributed by atoms with Crippen LogP contribution in [0.4, 0.5) is 28.0 Å². The summed E-state index contributed by atoms with van der Waals surface area (Å²) in [5.41, 5.74) is -4.21. The minimum atomic E-state index is -5.35. The van der Waals surface area contributed by atoms with Crippen LogP contribution < -0.4 is 15.5 Å². The topological polar surface area (TPSA) is 91.4 Å². The lowest BCUT2D eigenvalue weighted by Gasteiger charge is -2.29. The number of nitrogens with zero attached hydrogens (tertiary/aromatic N) is 2. The van der Waals surface area contributed by atoms with Crippen molar-refractivity contribution in [2.24, 2.45) is 0 Å². The Morgan fingerprint density at radius 1 is 1.15 bits per heavy atom. The molecule has 7 nitrogen and oxygen atoms in total. The normalized spacial score (nSPS) is 19.8. The molecule has 0 radical (unpaired) electrons. The lowest BCUT2D eigenvalue weighted by atomic mass is 10.1. The second-order valence-electron chi connectivity index (χ2n) is 5.49. The van der Waals surface area contributed by atoms with Crippen LogP contribution in [-0.4, -0.2) is 34.7 Å². The zero-order chi connectivity index (χ0) is 19.8. The molecule has 27 heavy (non-hydrogen) atoms. The van der Waals surface area contributed by atoms with Crippen LogP contribution in [0.15, 0.2) is 48.8 Å². The molecule has 2 heterocycles. The first kappa shape index (κ1) is 18.3. The van der Waals surface area contributed by atoms with Gasteiger partial charge in [0.2, 0.25) is 0 Å². The van der Waals surface area contributed by atoms with Crippen molar-refractivity contribution in [3.63, 3.8) is 0 Å². The Morgan fingerprint density at radius 2 is 1.81 bits per heavy atom. The highest BCUT2D eigenvalue weighted by Crippen LogP contribution is 2.36. The maximum Gasteiger partial charge on any atom is 0.440 e. The van der Waals surface area contributed by atoms with Crippen molar-refractivity contribution >= 4 is 23.5 Å². The minimum Gasteiger partial charge on any atom is -0.314 e. The number of carbonyl (C=O) groups excluding carboxylic acids is 3. The number of urea groups is 1. The monoisotopic (exact) mass is 382 g/mol. The van der Waals surface area contributed by atoms with E-state index in [1.54, 1.807) is 0 Å². The van der Waals surface area contributed by atoms with Crippen LogP contribution in [0, 0.1) is 5.82 Å². The molecular formula is C16H10F4N4O3. The Morgan fingerprint density at radius 3 is 2.37 bits per heavy atom. The van der Waals surface area contributed by atoms with Gasteiger partial charge in [-0.3, -0.25) is 19.9 Å². The summed E-state index contributed by atoms with van der Waals surface area (Å²) in [5, 5.41) is 3.03. The summed E-state index contributed by atoms with van der Waals surface area (Å²) in [5.74, 6) is -3.75. The highest BCUT2D eigenvalue weighted by molar-refractivity contribution is 6.24. The number of amides is 4. The van der Waals surface area contributed by atoms with Crippen LogP contribution in [0.25, 0.3) is 0 Å². The van der Waals surface area contributed by atoms with E-state index in [-0.39, 0.29) is 16.2 Å². The molecule has 0 saturated carbocycles. The number of carbonyl (C=O) groups is 3. The van der Waals surface area contributed by atoms with Crippen molar-refractivity contribution in [3.05, 3.63) is 60.2 Å². The van der Waals surface area contributed by atoms with Gasteiger partial charge in [0.1, 0.15) is 5.82 Å². The van der Waals surface area contributed by atoms with E-state index in [4.69, 9.17) is 0 Å². The third kappa shape index (κ3) is 3.07. The van der Waals surface area contributed by atoms with Crippen molar-refractivity contribution in [3.8, 4) is 0 Å². The molecule has 2 N–H and O–H groups in total. The first-order valence-electron chi connectivity index (χ1n) is 7.37. The molecule has 1 atom stereocenters. The van der Waals surface area contributed by atoms with Gasteiger partial charge < -0.3 is 5.32 Å². The van der Waals surface area contributed by atoms with Crippen molar-refractivity contribution in [1.29, 1.82) is 0 Å². The number of nitrogens with one attached hydrogen (secondary N) is 2. The number of imide groups is 1. The van der Waals surface area contributed by atoms with Crippen LogP contribution in [0.5, 0.6) is 0 Å². The van der Waals surface area contributed by atoms with Gasteiger partial charge in [-0.05, 0) is 36.4 Å². The number of rotatable bonds is 3. The Kier molecular flexibility index (Phi) is 4.30. The molecule has 4 amide bonds. The number of hydrogen-bond donors (Lipinski definition) is 2. The Balaban J connectivity index is 2.00. The molecule has 0 bridgehead atoms. The zero-order valence-corrected chi connectivity index (χ0v) is 13.2. The summed E-state index contributed by atoms with van der Waals surface area (Å²) in [6.45, 7) is 0. The number of anilines is 1. The van der Waals surface area contributed by atoms with E-state index in [1.165, 1.54) is 29.0 Å². The molecule has 0 spiro atoms. The second kappa shape index (κ2) is 6.34. The van der Waals surface area contributed by atoms with E-state index in [9.17, 15) is 31.9 Å². The summed E-state index contributed by atoms with van der Waals surface area (Å²) in [7, 11) is 0. The number of hydrogen-bond acceptors (Lipinski definition) is 4. The third-order valence-electron chi connectivity index (χ3n) is 3.76. The van der Waals surface area contributed by atoms with Gasteiger partial charge in [-0.15, -0.1) is 0 Å². The molecule has 1 aromatic carbocycles. The maximum atomic E-state index is 13.7. The number of benzene rings is 1. The van der Waals surface area contributed by atoms with E-state index >= 15 is 0 Å². The SMILES string of the molecule is O=C(N[C@]1(C(F)(F)F)NC(=O)N(c2ccc(F)cc2)C1=O)c1cccnc1. The van der Waals surface area contributed by atoms with Gasteiger partial charge in [-0.2, -0.15) is 13.2 Å². The molecule has 0 aliphatic carbocycles. The van der Waals surface area contributed by atoms with Crippen LogP contribution in [0.3, 0.4) is 0 Å². The fourth-order valence-electron chi connectivity index (χ4n) is 2.44. The van der Waals surface area contributed by atoms with Crippen molar-refractivity contribution in [2.75, 3.05) is 4.90 Å². The van der Waals surface area contributed by atoms with E-state index in [0.29, 0.717) is 0 Å². The Bertz CT molecular complexity index is 902. The van der Waals surface area contributed by atoms with E-state index < -0.39 is 35.5 Å². The first-order chi connectivity index (χ1) is 12.7. The average Bonchev–Trinajstić information content (AvgIpc) is 2.87. The predicted molar refractivity (Wildman–Crippen MR) is 82.9 cm³/mol. The summed E-state index contributed by atoms with van der Waals surface area (Å²) >= 11 is 0. The molecule has 2 aromatic rings. The molecule has 1 aliphatic rings. The van der Waals surface area contributed by atoms with Crippen LogP contribution in [0.2, 0.25) is 0 Å². The number of halogens is 4. The second-order valence-corrected chi connectivity index (χ2v) is 5.49. The number of pyridine rings is 1. The van der Waals surface area contributed by atoms with Gasteiger partial charge in [-0.25, -0.2) is 14.1 Å². The summed E-state index contributed by atoms with van der Waals surface area (Å²) in [6, 6.07) is 4.75. The highest BCUT2D eigenvalue weighted by atomic mass is 19.4. The minimum absolute atomic E-state index is 0.177. The van der Waals surface area contributed by atoms with Crippen molar-refractivity contribution in [1.82, 2.24) is 15.6 Å². The molecule has 1 aromatic heterocycles. The fourth-order valence-corrected chi connectivity index (χ4v) is 2.44. The predicted octanol–water partition coefficient (Wildman–Crippen LogP) is 1.97. The van der Waals surface area contributed by atoms with Crippen LogP contribution in [0.1, 0.15) is 10.4 Å².